The minimum atomic E-state index is 0.402. The normalized spacial score (nSPS) is 16.6. The summed E-state index contributed by atoms with van der Waals surface area (Å²) >= 11 is 0. The molecule has 30 heavy (non-hydrogen) atoms. The highest BCUT2D eigenvalue weighted by atomic mass is 16.5. The predicted octanol–water partition coefficient (Wildman–Crippen LogP) is 8.82. The van der Waals surface area contributed by atoms with Gasteiger partial charge in [0.05, 0.1) is 6.10 Å². The zero-order valence-electron chi connectivity index (χ0n) is 19.9. The Kier molecular flexibility index (Phi) is 9.43. The van der Waals surface area contributed by atoms with Gasteiger partial charge in [-0.05, 0) is 92.4 Å². The van der Waals surface area contributed by atoms with Gasteiger partial charge in [0.1, 0.15) is 5.76 Å². The number of aryl methyl sites for hydroxylation is 1. The first-order chi connectivity index (χ1) is 14.4. The highest BCUT2D eigenvalue weighted by Crippen LogP contribution is 2.32. The average molecular weight is 405 g/mol. The molecule has 1 aliphatic carbocycles. The Hall–Kier alpha value is -2.28. The molecule has 0 spiro atoms. The first-order valence-electron chi connectivity index (χ1n) is 11.6. The van der Waals surface area contributed by atoms with Crippen LogP contribution in [0.2, 0.25) is 0 Å². The van der Waals surface area contributed by atoms with Gasteiger partial charge in [-0.15, -0.1) is 0 Å². The zero-order chi connectivity index (χ0) is 22.1. The van der Waals surface area contributed by atoms with Crippen molar-refractivity contribution in [3.8, 4) is 0 Å². The highest BCUT2D eigenvalue weighted by Gasteiger charge is 2.19. The van der Waals surface area contributed by atoms with Crippen LogP contribution in [0.3, 0.4) is 0 Å². The Balaban J connectivity index is 2.30. The molecule has 162 valence electrons. The van der Waals surface area contributed by atoms with E-state index in [-0.39, 0.29) is 0 Å². The predicted molar refractivity (Wildman–Crippen MR) is 133 cm³/mol. The van der Waals surface area contributed by atoms with E-state index in [1.807, 2.05) is 13.0 Å². The molecular weight excluding hydrogens is 364 g/mol. The van der Waals surface area contributed by atoms with Crippen LogP contribution in [-0.2, 0) is 4.74 Å². The monoisotopic (exact) mass is 404 g/mol. The first-order valence-corrected chi connectivity index (χ1v) is 11.6. The van der Waals surface area contributed by atoms with Gasteiger partial charge < -0.3 is 4.74 Å². The second kappa shape index (κ2) is 11.8. The quantitative estimate of drug-likeness (QED) is 0.279. The molecule has 0 atom stereocenters. The van der Waals surface area contributed by atoms with E-state index < -0.39 is 0 Å². The van der Waals surface area contributed by atoms with Gasteiger partial charge in [-0.1, -0.05) is 75.8 Å². The molecule has 0 radical (unpaired) electrons. The van der Waals surface area contributed by atoms with Crippen LogP contribution in [0.4, 0.5) is 0 Å². The summed E-state index contributed by atoms with van der Waals surface area (Å²) in [6, 6.07) is 6.79. The van der Waals surface area contributed by atoms with Crippen molar-refractivity contribution in [3.63, 3.8) is 0 Å². The smallest absolute Gasteiger partial charge is 0.115 e. The molecule has 1 heteroatoms. The van der Waals surface area contributed by atoms with Gasteiger partial charge in [-0.25, -0.2) is 0 Å². The maximum absolute atomic E-state index is 6.06. The van der Waals surface area contributed by atoms with Crippen LogP contribution in [0.25, 0.3) is 11.1 Å². The topological polar surface area (TPSA) is 9.23 Å². The van der Waals surface area contributed by atoms with Gasteiger partial charge in [-0.2, -0.15) is 0 Å². The molecule has 1 fully saturated rings. The number of rotatable bonds is 10. The summed E-state index contributed by atoms with van der Waals surface area (Å²) in [5.41, 5.74) is 7.84. The Morgan fingerprint density at radius 2 is 1.90 bits per heavy atom. The number of allylic oxidation sites excluding steroid dienone is 8. The van der Waals surface area contributed by atoms with Crippen LogP contribution in [0.1, 0.15) is 83.4 Å². The van der Waals surface area contributed by atoms with Crippen molar-refractivity contribution in [1.82, 2.24) is 0 Å². The molecule has 0 heterocycles. The summed E-state index contributed by atoms with van der Waals surface area (Å²) < 4.78 is 6.06. The molecule has 1 saturated carbocycles. The van der Waals surface area contributed by atoms with Crippen molar-refractivity contribution in [1.29, 1.82) is 0 Å². The lowest BCUT2D eigenvalue weighted by Gasteiger charge is -2.26. The Morgan fingerprint density at radius 3 is 2.37 bits per heavy atom. The van der Waals surface area contributed by atoms with Crippen molar-refractivity contribution in [3.05, 3.63) is 83.2 Å². The molecule has 2 rings (SSSR count). The van der Waals surface area contributed by atoms with Gasteiger partial charge >= 0.3 is 0 Å². The first kappa shape index (κ1) is 24.0. The van der Waals surface area contributed by atoms with Crippen molar-refractivity contribution >= 4 is 11.1 Å². The Labute approximate surface area is 184 Å². The maximum atomic E-state index is 6.06. The SMILES string of the molecule is C=C/C(=C(\CCC)C(C)C)c1ccc(C(/C=C\C(=C/C)OC2CCC2)=C/C)cc1C. The summed E-state index contributed by atoms with van der Waals surface area (Å²) in [6.45, 7) is 17.3. The molecule has 0 bridgehead atoms. The van der Waals surface area contributed by atoms with Gasteiger partial charge in [-0.3, -0.25) is 0 Å². The fourth-order valence-corrected chi connectivity index (χ4v) is 3.98. The summed E-state index contributed by atoms with van der Waals surface area (Å²) in [5.74, 6) is 1.49. The van der Waals surface area contributed by atoms with E-state index in [0.717, 1.165) is 18.6 Å². The van der Waals surface area contributed by atoms with Crippen LogP contribution >= 0.6 is 0 Å². The van der Waals surface area contributed by atoms with Gasteiger partial charge in [0.25, 0.3) is 0 Å². The fourth-order valence-electron chi connectivity index (χ4n) is 3.98. The number of hydrogen-bond acceptors (Lipinski definition) is 1. The minimum Gasteiger partial charge on any atom is -0.491 e. The highest BCUT2D eigenvalue weighted by molar-refractivity contribution is 5.81. The van der Waals surface area contributed by atoms with Crippen molar-refractivity contribution in [2.24, 2.45) is 5.92 Å². The van der Waals surface area contributed by atoms with Crippen molar-refractivity contribution in [2.75, 3.05) is 0 Å². The molecule has 0 N–H and O–H groups in total. The lowest BCUT2D eigenvalue weighted by Crippen LogP contribution is -2.20. The molecule has 0 aromatic heterocycles. The Bertz CT molecular complexity index is 841. The van der Waals surface area contributed by atoms with E-state index in [1.54, 1.807) is 0 Å². The third-order valence-electron chi connectivity index (χ3n) is 5.99. The molecule has 1 aromatic rings. The largest absolute Gasteiger partial charge is 0.491 e. The standard InChI is InChI=1S/C29H40O/c1-8-13-28(21(5)6)27(11-4)29-19-17-24(20-22(29)7)23(9-2)16-18-25(10-3)30-26-14-12-15-26/h9-11,16-21,26H,4,8,12-15H2,1-3,5-7H3/b18-16-,23-9+,25-10+,28-27-. The maximum Gasteiger partial charge on any atom is 0.115 e. The molecule has 1 aromatic carbocycles. The summed E-state index contributed by atoms with van der Waals surface area (Å²) in [7, 11) is 0. The van der Waals surface area contributed by atoms with E-state index >= 15 is 0 Å². The van der Waals surface area contributed by atoms with E-state index in [0.29, 0.717) is 12.0 Å². The van der Waals surface area contributed by atoms with Crippen molar-refractivity contribution < 1.29 is 4.74 Å². The second-order valence-corrected chi connectivity index (χ2v) is 8.52. The lowest BCUT2D eigenvalue weighted by molar-refractivity contribution is 0.0589. The fraction of sp³-hybridized carbons (Fsp3) is 0.448. The molecule has 1 nitrogen and oxygen atoms in total. The number of benzene rings is 1. The number of ether oxygens (including phenoxy) is 1. The van der Waals surface area contributed by atoms with E-state index in [1.165, 1.54) is 52.7 Å². The lowest BCUT2D eigenvalue weighted by atomic mass is 9.87. The molecule has 0 aliphatic heterocycles. The van der Waals surface area contributed by atoms with Crippen molar-refractivity contribution in [2.45, 2.75) is 79.8 Å². The van der Waals surface area contributed by atoms with E-state index in [9.17, 15) is 0 Å². The van der Waals surface area contributed by atoms with Gasteiger partial charge in [0.15, 0.2) is 0 Å². The molecular formula is C29H40O. The van der Waals surface area contributed by atoms with Crippen LogP contribution in [0.5, 0.6) is 0 Å². The second-order valence-electron chi connectivity index (χ2n) is 8.52. The third kappa shape index (κ3) is 6.11. The minimum absolute atomic E-state index is 0.402. The van der Waals surface area contributed by atoms with Gasteiger partial charge in [0, 0.05) is 0 Å². The third-order valence-corrected chi connectivity index (χ3v) is 5.99. The summed E-state index contributed by atoms with van der Waals surface area (Å²) in [5, 5.41) is 0. The summed E-state index contributed by atoms with van der Waals surface area (Å²) in [4.78, 5) is 0. The van der Waals surface area contributed by atoms with Crippen LogP contribution < -0.4 is 0 Å². The van der Waals surface area contributed by atoms with E-state index in [2.05, 4.69) is 83.7 Å². The molecule has 0 unspecified atom stereocenters. The average Bonchev–Trinajstić information content (AvgIpc) is 2.70. The van der Waals surface area contributed by atoms with Crippen LogP contribution in [0, 0.1) is 12.8 Å². The summed E-state index contributed by atoms with van der Waals surface area (Å²) in [6.07, 6.45) is 16.9. The molecule has 0 amide bonds. The Morgan fingerprint density at radius 1 is 1.17 bits per heavy atom. The zero-order valence-corrected chi connectivity index (χ0v) is 19.9. The van der Waals surface area contributed by atoms with E-state index in [4.69, 9.17) is 4.74 Å². The van der Waals surface area contributed by atoms with Gasteiger partial charge in [0.2, 0.25) is 0 Å². The van der Waals surface area contributed by atoms with Crippen LogP contribution in [0.15, 0.2) is 66.5 Å². The molecule has 1 aliphatic rings. The van der Waals surface area contributed by atoms with Crippen LogP contribution in [-0.4, -0.2) is 6.10 Å². The number of hydrogen-bond donors (Lipinski definition) is 0. The molecule has 0 saturated heterocycles.